The Balaban J connectivity index is 1.24. The molecule has 1 aromatic heterocycles. The Morgan fingerprint density at radius 2 is 1.96 bits per heavy atom. The molecule has 1 spiro atoms. The van der Waals surface area contributed by atoms with Gasteiger partial charge in [-0.05, 0) is 12.1 Å². The number of aromatic nitrogens is 2. The maximum Gasteiger partial charge on any atom is 0.324 e. The lowest BCUT2D eigenvalue weighted by atomic mass is 9.73. The maximum absolute atomic E-state index is 13.7. The number of nitrogens with zero attached hydrogens (tertiary/aromatic N) is 5. The van der Waals surface area contributed by atoms with E-state index in [1.54, 1.807) is 17.0 Å². The molecule has 0 saturated carbocycles. The van der Waals surface area contributed by atoms with Crippen LogP contribution < -0.4 is 14.5 Å². The van der Waals surface area contributed by atoms with Crippen LogP contribution in [0.3, 0.4) is 0 Å². The third-order valence-electron chi connectivity index (χ3n) is 5.33. The summed E-state index contributed by atoms with van der Waals surface area (Å²) in [7, 11) is 0. The largest absolute Gasteiger partial charge is 0.489 e. The molecule has 2 fully saturated rings. The number of rotatable bonds is 1. The number of anilines is 2. The first-order valence-electron chi connectivity index (χ1n) is 8.75. The fraction of sp³-hybridized carbons (Fsp3) is 0.389. The first kappa shape index (κ1) is 16.6. The van der Waals surface area contributed by atoms with Crippen molar-refractivity contribution in [1.29, 1.82) is 0 Å². The summed E-state index contributed by atoms with van der Waals surface area (Å²) in [6, 6.07) is 5.27. The second kappa shape index (κ2) is 5.95. The molecule has 3 aliphatic rings. The van der Waals surface area contributed by atoms with Gasteiger partial charge >= 0.3 is 6.03 Å². The molecule has 5 rings (SSSR count). The molecule has 7 nitrogen and oxygen atoms in total. The fourth-order valence-corrected chi connectivity index (χ4v) is 4.26. The highest BCUT2D eigenvalue weighted by Crippen LogP contribution is 2.43. The van der Waals surface area contributed by atoms with Gasteiger partial charge in [-0.3, -0.25) is 4.90 Å². The van der Waals surface area contributed by atoms with Crippen LogP contribution in [0.5, 0.6) is 5.75 Å². The Hall–Kier alpha value is -2.61. The van der Waals surface area contributed by atoms with Gasteiger partial charge in [-0.2, -0.15) is 4.39 Å². The zero-order chi connectivity index (χ0) is 18.6. The van der Waals surface area contributed by atoms with Crippen molar-refractivity contribution < 1.29 is 13.9 Å². The Morgan fingerprint density at radius 1 is 1.19 bits per heavy atom. The molecule has 9 heteroatoms. The van der Waals surface area contributed by atoms with E-state index >= 15 is 0 Å². The maximum atomic E-state index is 13.7. The summed E-state index contributed by atoms with van der Waals surface area (Å²) in [5.41, 5.74) is 0.767. The van der Waals surface area contributed by atoms with Crippen molar-refractivity contribution in [3.63, 3.8) is 0 Å². The fourth-order valence-electron chi connectivity index (χ4n) is 4.10. The van der Waals surface area contributed by atoms with Crippen LogP contribution in [0.25, 0.3) is 0 Å². The highest BCUT2D eigenvalue weighted by Gasteiger charge is 2.54. The minimum atomic E-state index is -0.553. The second-order valence-electron chi connectivity index (χ2n) is 7.28. The van der Waals surface area contributed by atoms with Gasteiger partial charge in [0.1, 0.15) is 12.4 Å². The summed E-state index contributed by atoms with van der Waals surface area (Å²) in [6.07, 6.45) is 2.83. The number of carbonyl (C=O) groups is 1. The molecule has 0 atom stereocenters. The van der Waals surface area contributed by atoms with Crippen LogP contribution >= 0.6 is 11.6 Å². The lowest BCUT2D eigenvalue weighted by Gasteiger charge is -2.60. The average Bonchev–Trinajstić information content (AvgIpc) is 2.59. The van der Waals surface area contributed by atoms with Gasteiger partial charge < -0.3 is 14.5 Å². The molecule has 27 heavy (non-hydrogen) atoms. The standard InChI is InChI=1S/C18H17ClFN5O2/c19-12-1-2-13-14(7-12)27-6-5-25(13)17(26)24-10-18(11-24)8-23(9-18)16-15(20)21-3-4-22-16/h1-4,7H,5-6,8-11H2. The molecule has 2 saturated heterocycles. The Kier molecular flexibility index (Phi) is 3.65. The van der Waals surface area contributed by atoms with Crippen molar-refractivity contribution in [2.75, 3.05) is 49.1 Å². The number of benzene rings is 1. The quantitative estimate of drug-likeness (QED) is 0.749. The van der Waals surface area contributed by atoms with Gasteiger partial charge in [0.05, 0.1) is 12.2 Å². The van der Waals surface area contributed by atoms with Crippen LogP contribution in [0.2, 0.25) is 5.02 Å². The molecule has 3 aliphatic heterocycles. The van der Waals surface area contributed by atoms with Crippen molar-refractivity contribution in [3.05, 3.63) is 41.6 Å². The molecule has 2 amide bonds. The Labute approximate surface area is 160 Å². The molecule has 0 aliphatic carbocycles. The molecular formula is C18H17ClFN5O2. The van der Waals surface area contributed by atoms with Gasteiger partial charge in [0.25, 0.3) is 5.95 Å². The lowest BCUT2D eigenvalue weighted by Crippen LogP contribution is -2.74. The Bertz CT molecular complexity index is 912. The van der Waals surface area contributed by atoms with Gasteiger partial charge in [-0.15, -0.1) is 0 Å². The zero-order valence-corrected chi connectivity index (χ0v) is 15.2. The molecular weight excluding hydrogens is 373 g/mol. The number of fused-ring (bicyclic) bond motifs is 1. The smallest absolute Gasteiger partial charge is 0.324 e. The minimum Gasteiger partial charge on any atom is -0.489 e. The summed E-state index contributed by atoms with van der Waals surface area (Å²) >= 11 is 6.01. The summed E-state index contributed by atoms with van der Waals surface area (Å²) in [6.45, 7) is 3.63. The average molecular weight is 390 g/mol. The summed E-state index contributed by atoms with van der Waals surface area (Å²) in [5, 5.41) is 0.580. The SMILES string of the molecule is O=C(N1CC2(C1)CN(c1nccnc1F)C2)N1CCOc2cc(Cl)ccc21. The Morgan fingerprint density at radius 3 is 2.74 bits per heavy atom. The summed E-state index contributed by atoms with van der Waals surface area (Å²) in [5.74, 6) is 0.361. The normalized spacial score (nSPS) is 19.9. The molecule has 2 aromatic rings. The molecule has 0 radical (unpaired) electrons. The van der Waals surface area contributed by atoms with E-state index in [2.05, 4.69) is 9.97 Å². The number of hydrogen-bond donors (Lipinski definition) is 0. The van der Waals surface area contributed by atoms with Crippen LogP contribution in [0.4, 0.5) is 20.7 Å². The van der Waals surface area contributed by atoms with Crippen LogP contribution in [-0.2, 0) is 0 Å². The number of amides is 2. The number of ether oxygens (including phenoxy) is 1. The molecule has 0 unspecified atom stereocenters. The topological polar surface area (TPSA) is 61.8 Å². The summed E-state index contributed by atoms with van der Waals surface area (Å²) < 4.78 is 19.4. The van der Waals surface area contributed by atoms with Crippen molar-refractivity contribution in [2.24, 2.45) is 5.41 Å². The van der Waals surface area contributed by atoms with E-state index in [0.717, 1.165) is 5.69 Å². The van der Waals surface area contributed by atoms with Crippen LogP contribution in [0.1, 0.15) is 0 Å². The minimum absolute atomic E-state index is 0.0226. The van der Waals surface area contributed by atoms with E-state index in [1.165, 1.54) is 12.4 Å². The zero-order valence-electron chi connectivity index (χ0n) is 14.4. The lowest BCUT2D eigenvalue weighted by molar-refractivity contribution is 0.00885. The van der Waals surface area contributed by atoms with Crippen LogP contribution in [0.15, 0.2) is 30.6 Å². The highest BCUT2D eigenvalue weighted by atomic mass is 35.5. The third-order valence-corrected chi connectivity index (χ3v) is 5.56. The third kappa shape index (κ3) is 2.66. The summed E-state index contributed by atoms with van der Waals surface area (Å²) in [4.78, 5) is 26.1. The monoisotopic (exact) mass is 389 g/mol. The van der Waals surface area contributed by atoms with Crippen molar-refractivity contribution in [1.82, 2.24) is 14.9 Å². The number of urea groups is 1. The predicted octanol–water partition coefficient (Wildman–Crippen LogP) is 2.41. The van der Waals surface area contributed by atoms with Crippen LogP contribution in [0, 0.1) is 11.4 Å². The van der Waals surface area contributed by atoms with Crippen molar-refractivity contribution >= 4 is 29.1 Å². The molecule has 1 aromatic carbocycles. The number of likely N-dealkylation sites (tertiary alicyclic amines) is 1. The number of halogens is 2. The van der Waals surface area contributed by atoms with Crippen molar-refractivity contribution in [3.8, 4) is 5.75 Å². The van der Waals surface area contributed by atoms with E-state index < -0.39 is 5.95 Å². The van der Waals surface area contributed by atoms with Gasteiger partial charge in [0.2, 0.25) is 0 Å². The van der Waals surface area contributed by atoms with Crippen molar-refractivity contribution in [2.45, 2.75) is 0 Å². The van der Waals surface area contributed by atoms with E-state index in [-0.39, 0.29) is 17.3 Å². The van der Waals surface area contributed by atoms with Gasteiger partial charge in [-0.25, -0.2) is 14.8 Å². The second-order valence-corrected chi connectivity index (χ2v) is 7.71. The van der Waals surface area contributed by atoms with Crippen LogP contribution in [-0.4, -0.2) is 60.2 Å². The number of carbonyl (C=O) groups excluding carboxylic acids is 1. The first-order valence-corrected chi connectivity index (χ1v) is 9.13. The van der Waals surface area contributed by atoms with Gasteiger partial charge in [-0.1, -0.05) is 11.6 Å². The molecule has 4 heterocycles. The van der Waals surface area contributed by atoms with Gasteiger partial charge in [0, 0.05) is 55.1 Å². The molecule has 140 valence electrons. The first-order chi connectivity index (χ1) is 13.0. The van der Waals surface area contributed by atoms with E-state index in [1.807, 2.05) is 15.9 Å². The van der Waals surface area contributed by atoms with E-state index in [0.29, 0.717) is 50.1 Å². The predicted molar refractivity (Wildman–Crippen MR) is 97.9 cm³/mol. The molecule has 0 bridgehead atoms. The highest BCUT2D eigenvalue weighted by molar-refractivity contribution is 6.30. The van der Waals surface area contributed by atoms with Gasteiger partial charge in [0.15, 0.2) is 5.82 Å². The van der Waals surface area contributed by atoms with E-state index in [4.69, 9.17) is 16.3 Å². The van der Waals surface area contributed by atoms with E-state index in [9.17, 15) is 9.18 Å². The molecule has 0 N–H and O–H groups in total. The number of hydrogen-bond acceptors (Lipinski definition) is 5.